The highest BCUT2D eigenvalue weighted by molar-refractivity contribution is 5.72. The second-order valence-electron chi connectivity index (χ2n) is 2.64. The summed E-state index contributed by atoms with van der Waals surface area (Å²) < 4.78 is 4.81. The Morgan fingerprint density at radius 2 is 2.60 bits per heavy atom. The molecule has 0 radical (unpaired) electrons. The second kappa shape index (κ2) is 2.42. The molecule has 0 aliphatic carbocycles. The van der Waals surface area contributed by atoms with Crippen molar-refractivity contribution in [3.8, 4) is 0 Å². The van der Waals surface area contributed by atoms with Crippen LogP contribution in [0.15, 0.2) is 12.7 Å². The van der Waals surface area contributed by atoms with Gasteiger partial charge in [-0.05, 0) is 6.92 Å². The van der Waals surface area contributed by atoms with E-state index in [1.54, 1.807) is 6.08 Å². The maximum atomic E-state index is 10.5. The number of esters is 1. The van der Waals surface area contributed by atoms with Gasteiger partial charge in [-0.1, -0.05) is 6.08 Å². The number of hydrogen-bond donors (Lipinski definition) is 1. The third-order valence-corrected chi connectivity index (χ3v) is 1.62. The highest BCUT2D eigenvalue weighted by Gasteiger charge is 2.27. The van der Waals surface area contributed by atoms with Crippen LogP contribution in [-0.4, -0.2) is 24.7 Å². The summed E-state index contributed by atoms with van der Waals surface area (Å²) in [6.45, 7) is 6.23. The Hall–Kier alpha value is -0.830. The molecule has 0 amide bonds. The molecule has 1 unspecified atom stereocenters. The summed E-state index contributed by atoms with van der Waals surface area (Å²) in [5, 5.41) is 3.00. The normalized spacial score (nSPS) is 33.1. The Kier molecular flexibility index (Phi) is 1.76. The monoisotopic (exact) mass is 141 g/mol. The van der Waals surface area contributed by atoms with E-state index in [-0.39, 0.29) is 18.1 Å². The summed E-state index contributed by atoms with van der Waals surface area (Å²) >= 11 is 0. The van der Waals surface area contributed by atoms with Gasteiger partial charge < -0.3 is 4.74 Å². The van der Waals surface area contributed by atoms with Crippen molar-refractivity contribution < 1.29 is 9.53 Å². The molecule has 3 nitrogen and oxygen atoms in total. The van der Waals surface area contributed by atoms with Crippen LogP contribution in [0.1, 0.15) is 6.92 Å². The van der Waals surface area contributed by atoms with Crippen molar-refractivity contribution >= 4 is 5.97 Å². The quantitative estimate of drug-likeness (QED) is 0.415. The minimum absolute atomic E-state index is 0.195. The van der Waals surface area contributed by atoms with E-state index in [1.165, 1.54) is 0 Å². The average molecular weight is 141 g/mol. The summed E-state index contributed by atoms with van der Waals surface area (Å²) in [5.74, 6) is -0.195. The Labute approximate surface area is 60.1 Å². The number of cyclic esters (lactones) is 1. The molecule has 56 valence electrons. The molecule has 1 heterocycles. The van der Waals surface area contributed by atoms with Gasteiger partial charge in [-0.2, -0.15) is 0 Å². The topological polar surface area (TPSA) is 38.3 Å². The lowest BCUT2D eigenvalue weighted by Gasteiger charge is -2.30. The van der Waals surface area contributed by atoms with Gasteiger partial charge in [-0.15, -0.1) is 6.58 Å². The smallest absolute Gasteiger partial charge is 0.320 e. The maximum absolute atomic E-state index is 10.5. The molecule has 1 aliphatic rings. The van der Waals surface area contributed by atoms with E-state index in [0.717, 1.165) is 0 Å². The molecule has 3 heteroatoms. The van der Waals surface area contributed by atoms with Gasteiger partial charge in [0.2, 0.25) is 0 Å². The van der Waals surface area contributed by atoms with Crippen LogP contribution in [0.2, 0.25) is 0 Å². The number of carbonyl (C=O) groups excluding carboxylic acids is 1. The molecule has 1 N–H and O–H groups in total. The lowest BCUT2D eigenvalue weighted by molar-refractivity contribution is -0.148. The third-order valence-electron chi connectivity index (χ3n) is 1.62. The molecule has 0 aromatic rings. The Morgan fingerprint density at radius 1 is 1.90 bits per heavy atom. The number of morpholine rings is 1. The van der Waals surface area contributed by atoms with Crippen molar-refractivity contribution in [3.63, 3.8) is 0 Å². The summed E-state index contributed by atoms with van der Waals surface area (Å²) in [6.07, 6.45) is 1.75. The van der Waals surface area contributed by atoms with Crippen molar-refractivity contribution in [2.45, 2.75) is 12.5 Å². The third kappa shape index (κ3) is 1.36. The van der Waals surface area contributed by atoms with Crippen LogP contribution in [0.25, 0.3) is 0 Å². The molecule has 1 rings (SSSR count). The highest BCUT2D eigenvalue weighted by Crippen LogP contribution is 2.08. The van der Waals surface area contributed by atoms with E-state index in [4.69, 9.17) is 4.74 Å². The zero-order chi connectivity index (χ0) is 7.61. The van der Waals surface area contributed by atoms with E-state index >= 15 is 0 Å². The molecule has 1 saturated heterocycles. The lowest BCUT2D eigenvalue weighted by Crippen LogP contribution is -2.52. The molecule has 0 bridgehead atoms. The SMILES string of the molecule is C=CC1(C)COC(=O)CN1. The first-order valence-corrected chi connectivity index (χ1v) is 3.20. The minimum Gasteiger partial charge on any atom is -0.462 e. The van der Waals surface area contributed by atoms with E-state index < -0.39 is 0 Å². The molecular formula is C7H11NO2. The zero-order valence-corrected chi connectivity index (χ0v) is 6.02. The van der Waals surface area contributed by atoms with Crippen molar-refractivity contribution in [3.05, 3.63) is 12.7 Å². The van der Waals surface area contributed by atoms with Gasteiger partial charge in [0.05, 0.1) is 12.1 Å². The van der Waals surface area contributed by atoms with Gasteiger partial charge in [0.25, 0.3) is 0 Å². The fourth-order valence-electron chi connectivity index (χ4n) is 0.738. The van der Waals surface area contributed by atoms with Gasteiger partial charge in [0, 0.05) is 0 Å². The first-order chi connectivity index (χ1) is 4.66. The predicted molar refractivity (Wildman–Crippen MR) is 37.6 cm³/mol. The van der Waals surface area contributed by atoms with Crippen LogP contribution >= 0.6 is 0 Å². The summed E-state index contributed by atoms with van der Waals surface area (Å²) in [6, 6.07) is 0. The van der Waals surface area contributed by atoms with Crippen LogP contribution in [0.5, 0.6) is 0 Å². The molecule has 1 atom stereocenters. The van der Waals surface area contributed by atoms with Gasteiger partial charge in [0.15, 0.2) is 0 Å². The van der Waals surface area contributed by atoms with Crippen molar-refractivity contribution in [2.24, 2.45) is 0 Å². The van der Waals surface area contributed by atoms with Crippen molar-refractivity contribution in [1.82, 2.24) is 5.32 Å². The largest absolute Gasteiger partial charge is 0.462 e. The molecule has 0 spiro atoms. The van der Waals surface area contributed by atoms with Crippen molar-refractivity contribution in [1.29, 1.82) is 0 Å². The van der Waals surface area contributed by atoms with Crippen LogP contribution in [0.4, 0.5) is 0 Å². The first kappa shape index (κ1) is 7.28. The van der Waals surface area contributed by atoms with Gasteiger partial charge >= 0.3 is 5.97 Å². The van der Waals surface area contributed by atoms with E-state index in [2.05, 4.69) is 11.9 Å². The van der Waals surface area contributed by atoms with E-state index in [9.17, 15) is 4.79 Å². The minimum atomic E-state index is -0.228. The van der Waals surface area contributed by atoms with Crippen LogP contribution in [0.3, 0.4) is 0 Å². The molecular weight excluding hydrogens is 130 g/mol. The second-order valence-corrected chi connectivity index (χ2v) is 2.64. The molecule has 1 fully saturated rings. The molecule has 0 aromatic carbocycles. The summed E-state index contributed by atoms with van der Waals surface area (Å²) in [7, 11) is 0. The summed E-state index contributed by atoms with van der Waals surface area (Å²) in [5.41, 5.74) is -0.228. The maximum Gasteiger partial charge on any atom is 0.320 e. The van der Waals surface area contributed by atoms with Gasteiger partial charge in [0.1, 0.15) is 6.61 Å². The Bertz CT molecular complexity index is 155. The van der Waals surface area contributed by atoms with E-state index in [0.29, 0.717) is 6.61 Å². The molecule has 1 aliphatic heterocycles. The fraction of sp³-hybridized carbons (Fsp3) is 0.571. The van der Waals surface area contributed by atoms with Crippen molar-refractivity contribution in [2.75, 3.05) is 13.2 Å². The molecule has 0 aromatic heterocycles. The number of rotatable bonds is 1. The average Bonchev–Trinajstić information content (AvgIpc) is 1.96. The number of carbonyl (C=O) groups is 1. The van der Waals surface area contributed by atoms with Gasteiger partial charge in [-0.25, -0.2) is 0 Å². The number of hydrogen-bond acceptors (Lipinski definition) is 3. The standard InChI is InChI=1S/C7H11NO2/c1-3-7(2)5-10-6(9)4-8-7/h3,8H,1,4-5H2,2H3. The molecule has 10 heavy (non-hydrogen) atoms. The zero-order valence-electron chi connectivity index (χ0n) is 6.02. The van der Waals surface area contributed by atoms with Crippen LogP contribution in [0, 0.1) is 0 Å². The summed E-state index contributed by atoms with van der Waals surface area (Å²) in [4.78, 5) is 10.5. The lowest BCUT2D eigenvalue weighted by atomic mass is 10.0. The predicted octanol–water partition coefficient (Wildman–Crippen LogP) is 0.0775. The first-order valence-electron chi connectivity index (χ1n) is 3.20. The van der Waals surface area contributed by atoms with Gasteiger partial charge in [-0.3, -0.25) is 10.1 Å². The number of nitrogens with one attached hydrogen (secondary N) is 1. The highest BCUT2D eigenvalue weighted by atomic mass is 16.5. The molecule has 0 saturated carbocycles. The number of ether oxygens (including phenoxy) is 1. The van der Waals surface area contributed by atoms with Crippen LogP contribution < -0.4 is 5.32 Å². The fourth-order valence-corrected chi connectivity index (χ4v) is 0.738. The Morgan fingerprint density at radius 3 is 3.00 bits per heavy atom. The van der Waals surface area contributed by atoms with E-state index in [1.807, 2.05) is 6.92 Å². The Balaban J connectivity index is 2.53. The van der Waals surface area contributed by atoms with Crippen LogP contribution in [-0.2, 0) is 9.53 Å².